The molecule has 0 atom stereocenters. The van der Waals surface area contributed by atoms with E-state index in [4.69, 9.17) is 5.11 Å². The van der Waals surface area contributed by atoms with Crippen LogP contribution in [0.5, 0.6) is 0 Å². The van der Waals surface area contributed by atoms with Gasteiger partial charge >= 0.3 is 5.97 Å². The van der Waals surface area contributed by atoms with Gasteiger partial charge in [-0.15, -0.1) is 0 Å². The van der Waals surface area contributed by atoms with Crippen molar-refractivity contribution in [3.63, 3.8) is 0 Å². The third kappa shape index (κ3) is 8.51. The Morgan fingerprint density at radius 2 is 1.41 bits per heavy atom. The number of rotatable bonds is 12. The number of sulfone groups is 1. The molecule has 0 unspecified atom stereocenters. The van der Waals surface area contributed by atoms with Crippen molar-refractivity contribution in [2.24, 2.45) is 0 Å². The Labute approximate surface area is 133 Å². The number of hydrogen-bond donors (Lipinski definition) is 1. The van der Waals surface area contributed by atoms with Crippen LogP contribution in [0.3, 0.4) is 0 Å². The summed E-state index contributed by atoms with van der Waals surface area (Å²) in [6.07, 6.45) is 10.4. The van der Waals surface area contributed by atoms with Crippen molar-refractivity contribution < 1.29 is 23.1 Å². The van der Waals surface area contributed by atoms with Crippen LogP contribution < -0.4 is 0 Å². The largest absolute Gasteiger partial charge is 0.481 e. The van der Waals surface area contributed by atoms with Crippen LogP contribution in [0, 0.1) is 31.6 Å². The third-order valence-electron chi connectivity index (χ3n) is 3.44. The molecular weight excluding hydrogens is 304 g/mol. The van der Waals surface area contributed by atoms with Crippen LogP contribution in [-0.2, 0) is 19.4 Å². The first-order valence-electron chi connectivity index (χ1n) is 7.58. The predicted octanol–water partition coefficient (Wildman–Crippen LogP) is 2.19. The van der Waals surface area contributed by atoms with E-state index in [1.807, 2.05) is 12.8 Å². The average molecular weight is 327 g/mol. The summed E-state index contributed by atoms with van der Waals surface area (Å²) < 4.78 is 23.5. The van der Waals surface area contributed by atoms with E-state index < -0.39 is 15.8 Å². The molecule has 0 aromatic rings. The molecule has 0 amide bonds. The SMILES string of the molecule is O=C(O)CCCCS(=O)(=O)CCCCCC(=O)[C]1[CH][CH][CH][CH]1. The van der Waals surface area contributed by atoms with Crippen molar-refractivity contribution in [2.75, 3.05) is 11.5 Å². The molecule has 1 N–H and O–H groups in total. The Balaban J connectivity index is 2.04. The number of carboxylic acids is 1. The van der Waals surface area contributed by atoms with Gasteiger partial charge in [-0.3, -0.25) is 9.59 Å². The number of carbonyl (C=O) groups is 2. The Morgan fingerprint density at radius 1 is 0.864 bits per heavy atom. The highest BCUT2D eigenvalue weighted by molar-refractivity contribution is 7.91. The summed E-state index contributed by atoms with van der Waals surface area (Å²) >= 11 is 0. The summed E-state index contributed by atoms with van der Waals surface area (Å²) in [7, 11) is -3.10. The maximum Gasteiger partial charge on any atom is 0.303 e. The summed E-state index contributed by atoms with van der Waals surface area (Å²) in [4.78, 5) is 22.1. The number of carbonyl (C=O) groups excluding carboxylic acids is 1. The molecule has 0 aromatic heterocycles. The van der Waals surface area contributed by atoms with E-state index in [0.717, 1.165) is 0 Å². The van der Waals surface area contributed by atoms with Crippen molar-refractivity contribution in [1.82, 2.24) is 0 Å². The molecule has 0 heterocycles. The molecule has 123 valence electrons. The zero-order valence-corrected chi connectivity index (χ0v) is 13.5. The molecule has 0 saturated heterocycles. The van der Waals surface area contributed by atoms with E-state index >= 15 is 0 Å². The minimum Gasteiger partial charge on any atom is -0.481 e. The molecule has 0 aromatic carbocycles. The summed E-state index contributed by atoms with van der Waals surface area (Å²) in [5, 5.41) is 8.48. The lowest BCUT2D eigenvalue weighted by Crippen LogP contribution is -2.12. The quantitative estimate of drug-likeness (QED) is 0.555. The van der Waals surface area contributed by atoms with E-state index in [-0.39, 0.29) is 23.7 Å². The number of ketones is 1. The van der Waals surface area contributed by atoms with Gasteiger partial charge in [0.15, 0.2) is 0 Å². The molecule has 6 heteroatoms. The van der Waals surface area contributed by atoms with Crippen molar-refractivity contribution in [1.29, 1.82) is 0 Å². The summed E-state index contributed by atoms with van der Waals surface area (Å²) in [6.45, 7) is 0. The molecule has 1 rings (SSSR count). The number of unbranched alkanes of at least 4 members (excludes halogenated alkanes) is 3. The van der Waals surface area contributed by atoms with Gasteiger partial charge in [-0.05, 0) is 51.4 Å². The monoisotopic (exact) mass is 327 g/mol. The third-order valence-corrected chi connectivity index (χ3v) is 5.26. The minimum absolute atomic E-state index is 0.0133. The van der Waals surface area contributed by atoms with Gasteiger partial charge in [0, 0.05) is 18.8 Å². The lowest BCUT2D eigenvalue weighted by molar-refractivity contribution is -0.137. The van der Waals surface area contributed by atoms with Crippen molar-refractivity contribution >= 4 is 21.6 Å². The molecule has 22 heavy (non-hydrogen) atoms. The second-order valence-corrected chi connectivity index (χ2v) is 7.71. The van der Waals surface area contributed by atoms with Crippen LogP contribution in [0.2, 0.25) is 0 Å². The van der Waals surface area contributed by atoms with E-state index in [1.54, 1.807) is 12.8 Å². The van der Waals surface area contributed by atoms with Crippen LogP contribution >= 0.6 is 0 Å². The van der Waals surface area contributed by atoms with Gasteiger partial charge < -0.3 is 5.11 Å². The molecule has 5 nitrogen and oxygen atoms in total. The molecule has 1 fully saturated rings. The zero-order chi connectivity index (χ0) is 16.4. The lowest BCUT2D eigenvalue weighted by atomic mass is 9.98. The second kappa shape index (κ2) is 9.98. The highest BCUT2D eigenvalue weighted by atomic mass is 32.2. The molecule has 0 aliphatic heterocycles. The Kier molecular flexibility index (Phi) is 8.68. The van der Waals surface area contributed by atoms with Gasteiger partial charge in [-0.2, -0.15) is 0 Å². The minimum atomic E-state index is -3.10. The normalized spacial score (nSPS) is 16.0. The van der Waals surface area contributed by atoms with Crippen LogP contribution in [-0.4, -0.2) is 36.8 Å². The van der Waals surface area contributed by atoms with Crippen LogP contribution in [0.25, 0.3) is 0 Å². The van der Waals surface area contributed by atoms with Crippen molar-refractivity contribution in [3.05, 3.63) is 31.6 Å². The molecule has 1 aliphatic carbocycles. The molecule has 0 bridgehead atoms. The van der Waals surface area contributed by atoms with Gasteiger partial charge in [0.2, 0.25) is 0 Å². The maximum absolute atomic E-state index is 11.7. The smallest absolute Gasteiger partial charge is 0.303 e. The maximum atomic E-state index is 11.7. The molecule has 5 radical (unpaired) electrons. The van der Waals surface area contributed by atoms with E-state index in [2.05, 4.69) is 0 Å². The topological polar surface area (TPSA) is 88.5 Å². The van der Waals surface area contributed by atoms with E-state index in [9.17, 15) is 18.0 Å². The summed E-state index contributed by atoms with van der Waals surface area (Å²) in [5.74, 6) is 0.0802. The Hall–Kier alpha value is -0.910. The lowest BCUT2D eigenvalue weighted by Gasteiger charge is -2.06. The molecular formula is C16H23O5S. The Bertz CT molecular complexity index is 449. The van der Waals surface area contributed by atoms with Crippen molar-refractivity contribution in [3.8, 4) is 0 Å². The predicted molar refractivity (Wildman–Crippen MR) is 84.1 cm³/mol. The summed E-state index contributed by atoms with van der Waals surface area (Å²) in [6, 6.07) is 0. The standard InChI is InChI=1S/C16H23O5S/c17-15(14-8-3-4-9-14)10-2-1-6-12-22(20,21)13-7-5-11-16(18)19/h3-4,8-9H,1-2,5-7,10-13H2,(H,18,19). The molecule has 1 saturated carbocycles. The summed E-state index contributed by atoms with van der Waals surface area (Å²) in [5.41, 5.74) is 0. The van der Waals surface area contributed by atoms with Gasteiger partial charge in [0.25, 0.3) is 0 Å². The first kappa shape index (κ1) is 19.1. The first-order valence-corrected chi connectivity index (χ1v) is 9.40. The molecule has 1 aliphatic rings. The first-order chi connectivity index (χ1) is 10.4. The fraction of sp³-hybridized carbons (Fsp3) is 0.562. The van der Waals surface area contributed by atoms with E-state index in [0.29, 0.717) is 44.4 Å². The van der Waals surface area contributed by atoms with Gasteiger partial charge in [-0.25, -0.2) is 8.42 Å². The highest BCUT2D eigenvalue weighted by Gasteiger charge is 2.23. The number of carboxylic acid groups (broad SMARTS) is 1. The van der Waals surface area contributed by atoms with Crippen LogP contribution in [0.4, 0.5) is 0 Å². The van der Waals surface area contributed by atoms with Crippen molar-refractivity contribution in [2.45, 2.75) is 44.9 Å². The van der Waals surface area contributed by atoms with Crippen LogP contribution in [0.1, 0.15) is 44.9 Å². The highest BCUT2D eigenvalue weighted by Crippen LogP contribution is 2.25. The van der Waals surface area contributed by atoms with Gasteiger partial charge in [-0.1, -0.05) is 6.42 Å². The van der Waals surface area contributed by atoms with E-state index in [1.165, 1.54) is 0 Å². The number of hydrogen-bond acceptors (Lipinski definition) is 4. The Morgan fingerprint density at radius 3 is 2.00 bits per heavy atom. The zero-order valence-electron chi connectivity index (χ0n) is 12.7. The van der Waals surface area contributed by atoms with Gasteiger partial charge in [0.05, 0.1) is 11.5 Å². The second-order valence-electron chi connectivity index (χ2n) is 5.41. The fourth-order valence-corrected chi connectivity index (χ4v) is 3.68. The average Bonchev–Trinajstić information content (AvgIpc) is 2.97. The number of aliphatic carboxylic acids is 1. The molecule has 0 spiro atoms. The van der Waals surface area contributed by atoms with Crippen LogP contribution in [0.15, 0.2) is 0 Å². The fourth-order valence-electron chi connectivity index (χ4n) is 2.19. The number of Topliss-reactive ketones (excluding diaryl/α,β-unsaturated/α-hetero) is 1. The van der Waals surface area contributed by atoms with Gasteiger partial charge in [0.1, 0.15) is 15.6 Å².